The quantitative estimate of drug-likeness (QED) is 0.850. The van der Waals surface area contributed by atoms with E-state index in [0.29, 0.717) is 18.7 Å². The van der Waals surface area contributed by atoms with Crippen LogP contribution >= 0.6 is 0 Å². The fourth-order valence-electron chi connectivity index (χ4n) is 4.27. The van der Waals surface area contributed by atoms with Crippen molar-refractivity contribution in [2.75, 3.05) is 26.4 Å². The molecule has 2 aliphatic heterocycles. The van der Waals surface area contributed by atoms with Crippen LogP contribution in [0.2, 0.25) is 0 Å². The van der Waals surface area contributed by atoms with Crippen LogP contribution in [0.5, 0.6) is 0 Å². The van der Waals surface area contributed by atoms with Crippen LogP contribution < -0.4 is 0 Å². The van der Waals surface area contributed by atoms with Crippen molar-refractivity contribution in [1.82, 2.24) is 9.88 Å². The second-order valence-electron chi connectivity index (χ2n) is 6.77. The molecule has 126 valence electrons. The Bertz CT molecular complexity index is 492. The number of nitrogens with zero attached hydrogens (tertiary/aromatic N) is 2. The van der Waals surface area contributed by atoms with Gasteiger partial charge in [-0.25, -0.2) is 0 Å². The van der Waals surface area contributed by atoms with E-state index in [2.05, 4.69) is 9.88 Å². The monoisotopic (exact) mass is 318 g/mol. The highest BCUT2D eigenvalue weighted by molar-refractivity contribution is 5.08. The summed E-state index contributed by atoms with van der Waals surface area (Å²) in [4.78, 5) is 6.74. The van der Waals surface area contributed by atoms with Gasteiger partial charge in [0.05, 0.1) is 25.4 Å². The van der Waals surface area contributed by atoms with Gasteiger partial charge in [-0.3, -0.25) is 9.88 Å². The molecule has 0 radical (unpaired) electrons. The minimum absolute atomic E-state index is 0.218. The van der Waals surface area contributed by atoms with Crippen LogP contribution in [-0.4, -0.2) is 60.5 Å². The molecule has 3 fully saturated rings. The molecule has 3 atom stereocenters. The van der Waals surface area contributed by atoms with Gasteiger partial charge in [-0.05, 0) is 43.4 Å². The molecule has 2 saturated heterocycles. The fourth-order valence-corrected chi connectivity index (χ4v) is 4.27. The van der Waals surface area contributed by atoms with E-state index in [1.807, 2.05) is 24.5 Å². The van der Waals surface area contributed by atoms with Crippen molar-refractivity contribution in [1.29, 1.82) is 0 Å². The van der Waals surface area contributed by atoms with Crippen molar-refractivity contribution in [3.63, 3.8) is 0 Å². The average molecular weight is 318 g/mol. The van der Waals surface area contributed by atoms with E-state index in [1.54, 1.807) is 0 Å². The molecule has 1 aliphatic carbocycles. The highest BCUT2D eigenvalue weighted by atomic mass is 16.5. The lowest BCUT2D eigenvalue weighted by atomic mass is 10.0. The Hall–Kier alpha value is -1.01. The van der Waals surface area contributed by atoms with Crippen molar-refractivity contribution in [3.8, 4) is 0 Å². The van der Waals surface area contributed by atoms with Crippen LogP contribution in [0.1, 0.15) is 31.2 Å². The summed E-state index contributed by atoms with van der Waals surface area (Å²) in [5.74, 6) is 0. The lowest BCUT2D eigenvalue weighted by Crippen LogP contribution is -2.56. The van der Waals surface area contributed by atoms with Crippen molar-refractivity contribution in [2.24, 2.45) is 0 Å². The second kappa shape index (κ2) is 7.26. The summed E-state index contributed by atoms with van der Waals surface area (Å²) in [6.07, 6.45) is 8.69. The summed E-state index contributed by atoms with van der Waals surface area (Å²) in [7, 11) is 0. The maximum atomic E-state index is 6.19. The minimum Gasteiger partial charge on any atom is -0.381 e. The van der Waals surface area contributed by atoms with Gasteiger partial charge < -0.3 is 14.2 Å². The zero-order valence-electron chi connectivity index (χ0n) is 13.6. The van der Waals surface area contributed by atoms with Crippen molar-refractivity contribution in [3.05, 3.63) is 30.1 Å². The third kappa shape index (κ3) is 3.43. The number of fused-ring (bicyclic) bond motifs is 1. The van der Waals surface area contributed by atoms with E-state index in [4.69, 9.17) is 14.2 Å². The summed E-state index contributed by atoms with van der Waals surface area (Å²) < 4.78 is 17.8. The van der Waals surface area contributed by atoms with Gasteiger partial charge in [0.2, 0.25) is 0 Å². The minimum atomic E-state index is 0.218. The molecule has 0 aromatic carbocycles. The van der Waals surface area contributed by atoms with E-state index < -0.39 is 0 Å². The van der Waals surface area contributed by atoms with Gasteiger partial charge in [-0.1, -0.05) is 0 Å². The lowest BCUT2D eigenvalue weighted by molar-refractivity contribution is -0.132. The van der Waals surface area contributed by atoms with Gasteiger partial charge >= 0.3 is 0 Å². The summed E-state index contributed by atoms with van der Waals surface area (Å²) in [5, 5.41) is 0. The standard InChI is InChI=1S/C18H26N2O3/c1-2-17(23-13-14-3-7-19-8-4-14)18-16(1)20(9-12-22-18)15-5-10-21-11-6-15/h3-4,7-8,15-18H,1-2,5-6,9-13H2/t16-,17+,18+/m0/s1. The number of hydrogen-bond donors (Lipinski definition) is 0. The molecular formula is C18H26N2O3. The van der Waals surface area contributed by atoms with Crippen LogP contribution in [-0.2, 0) is 20.8 Å². The van der Waals surface area contributed by atoms with E-state index >= 15 is 0 Å². The molecule has 3 aliphatic rings. The van der Waals surface area contributed by atoms with Crippen molar-refractivity contribution >= 4 is 0 Å². The number of ether oxygens (including phenoxy) is 3. The van der Waals surface area contributed by atoms with E-state index in [9.17, 15) is 0 Å². The van der Waals surface area contributed by atoms with E-state index in [-0.39, 0.29) is 12.2 Å². The van der Waals surface area contributed by atoms with Crippen LogP contribution in [0.15, 0.2) is 24.5 Å². The molecule has 23 heavy (non-hydrogen) atoms. The molecule has 0 N–H and O–H groups in total. The highest BCUT2D eigenvalue weighted by Crippen LogP contribution is 2.35. The third-order valence-corrected chi connectivity index (χ3v) is 5.45. The third-order valence-electron chi connectivity index (χ3n) is 5.45. The zero-order chi connectivity index (χ0) is 15.5. The van der Waals surface area contributed by atoms with Gasteiger partial charge in [-0.2, -0.15) is 0 Å². The Morgan fingerprint density at radius 1 is 1.09 bits per heavy atom. The Kier molecular flexibility index (Phi) is 4.90. The van der Waals surface area contributed by atoms with Crippen LogP contribution in [0.3, 0.4) is 0 Å². The molecule has 4 rings (SSSR count). The predicted molar refractivity (Wildman–Crippen MR) is 86.1 cm³/mol. The Morgan fingerprint density at radius 2 is 1.91 bits per heavy atom. The average Bonchev–Trinajstić information content (AvgIpc) is 3.05. The molecule has 1 aromatic heterocycles. The van der Waals surface area contributed by atoms with Gasteiger partial charge in [0.1, 0.15) is 0 Å². The lowest BCUT2D eigenvalue weighted by Gasteiger charge is -2.44. The topological polar surface area (TPSA) is 43.8 Å². The molecule has 0 bridgehead atoms. The van der Waals surface area contributed by atoms with Gasteiger partial charge in [0, 0.05) is 44.2 Å². The molecule has 0 unspecified atom stereocenters. The summed E-state index contributed by atoms with van der Waals surface area (Å²) in [6.45, 7) is 4.34. The van der Waals surface area contributed by atoms with Crippen molar-refractivity contribution < 1.29 is 14.2 Å². The molecule has 0 spiro atoms. The Labute approximate surface area is 137 Å². The SMILES string of the molecule is c1cc(CO[C@@H]2CC[C@H]3[C@H]2OCCN3C2CCOCC2)ccn1. The normalized spacial score (nSPS) is 32.8. The highest BCUT2D eigenvalue weighted by Gasteiger charge is 2.45. The molecule has 1 saturated carbocycles. The van der Waals surface area contributed by atoms with Gasteiger partial charge in [0.15, 0.2) is 0 Å². The fraction of sp³-hybridized carbons (Fsp3) is 0.722. The molecular weight excluding hydrogens is 292 g/mol. The maximum Gasteiger partial charge on any atom is 0.0992 e. The summed E-state index contributed by atoms with van der Waals surface area (Å²) in [6, 6.07) is 5.22. The first kappa shape index (κ1) is 15.5. The predicted octanol–water partition coefficient (Wildman–Crippen LogP) is 2.01. The first-order valence-electron chi connectivity index (χ1n) is 8.87. The zero-order valence-corrected chi connectivity index (χ0v) is 13.6. The summed E-state index contributed by atoms with van der Waals surface area (Å²) in [5.41, 5.74) is 1.18. The van der Waals surface area contributed by atoms with E-state index in [1.165, 1.54) is 12.0 Å². The molecule has 1 aromatic rings. The smallest absolute Gasteiger partial charge is 0.0992 e. The van der Waals surface area contributed by atoms with E-state index in [0.717, 1.165) is 45.6 Å². The first-order chi connectivity index (χ1) is 11.4. The number of aromatic nitrogens is 1. The largest absolute Gasteiger partial charge is 0.381 e. The Balaban J connectivity index is 1.37. The molecule has 5 nitrogen and oxygen atoms in total. The van der Waals surface area contributed by atoms with Crippen LogP contribution in [0.4, 0.5) is 0 Å². The summed E-state index contributed by atoms with van der Waals surface area (Å²) >= 11 is 0. The van der Waals surface area contributed by atoms with Crippen molar-refractivity contribution in [2.45, 2.75) is 56.6 Å². The number of morpholine rings is 1. The molecule has 3 heterocycles. The van der Waals surface area contributed by atoms with Gasteiger partial charge in [0.25, 0.3) is 0 Å². The number of hydrogen-bond acceptors (Lipinski definition) is 5. The Morgan fingerprint density at radius 3 is 2.74 bits per heavy atom. The number of pyridine rings is 1. The molecule has 0 amide bonds. The van der Waals surface area contributed by atoms with Crippen LogP contribution in [0.25, 0.3) is 0 Å². The maximum absolute atomic E-state index is 6.19. The van der Waals surface area contributed by atoms with Crippen LogP contribution in [0, 0.1) is 0 Å². The molecule has 5 heteroatoms. The van der Waals surface area contributed by atoms with Gasteiger partial charge in [-0.15, -0.1) is 0 Å². The first-order valence-corrected chi connectivity index (χ1v) is 8.87. The second-order valence-corrected chi connectivity index (χ2v) is 6.77. The number of rotatable bonds is 4.